The summed E-state index contributed by atoms with van der Waals surface area (Å²) in [5.74, 6) is 2.16. The lowest BCUT2D eigenvalue weighted by Gasteiger charge is -2.47. The molecule has 0 aromatic rings. The number of hydrogen-bond donors (Lipinski definition) is 0. The minimum Gasteiger partial charge on any atom is -0.459 e. The summed E-state index contributed by atoms with van der Waals surface area (Å²) >= 11 is 0. The van der Waals surface area contributed by atoms with Gasteiger partial charge in [-0.2, -0.15) is 0 Å². The molecule has 4 unspecified atom stereocenters. The van der Waals surface area contributed by atoms with E-state index in [9.17, 15) is 4.79 Å². The van der Waals surface area contributed by atoms with E-state index in [1.807, 2.05) is 13.8 Å². The minimum absolute atomic E-state index is 0.000595. The summed E-state index contributed by atoms with van der Waals surface area (Å²) in [6.07, 6.45) is 7.15. The second-order valence-electron chi connectivity index (χ2n) is 10.3. The zero-order chi connectivity index (χ0) is 17.3. The summed E-state index contributed by atoms with van der Waals surface area (Å²) in [6, 6.07) is 0. The molecule has 3 aliphatic rings. The first-order valence-electron chi connectivity index (χ1n) is 9.73. The van der Waals surface area contributed by atoms with Gasteiger partial charge in [0, 0.05) is 5.92 Å². The van der Waals surface area contributed by atoms with E-state index in [0.717, 1.165) is 24.7 Å². The van der Waals surface area contributed by atoms with Gasteiger partial charge in [-0.05, 0) is 82.0 Å². The number of rotatable bonds is 3. The van der Waals surface area contributed by atoms with Crippen LogP contribution in [0.3, 0.4) is 0 Å². The summed E-state index contributed by atoms with van der Waals surface area (Å²) < 4.78 is 6.26. The molecule has 0 heterocycles. The van der Waals surface area contributed by atoms with Gasteiger partial charge in [0.2, 0.25) is 0 Å². The van der Waals surface area contributed by atoms with Gasteiger partial charge in [-0.3, -0.25) is 4.79 Å². The van der Waals surface area contributed by atoms with Gasteiger partial charge in [-0.15, -0.1) is 0 Å². The zero-order valence-electron chi connectivity index (χ0n) is 16.3. The number of carbonyl (C=O) groups excluding carboxylic acids is 1. The van der Waals surface area contributed by atoms with Gasteiger partial charge in [0.25, 0.3) is 0 Å². The third-order valence-electron chi connectivity index (χ3n) is 8.53. The molecular weight excluding hydrogens is 284 g/mol. The Morgan fingerprint density at radius 2 is 1.78 bits per heavy atom. The Morgan fingerprint density at radius 1 is 1.13 bits per heavy atom. The Hall–Kier alpha value is -0.530. The van der Waals surface area contributed by atoms with E-state index in [0.29, 0.717) is 11.3 Å². The first kappa shape index (κ1) is 17.3. The van der Waals surface area contributed by atoms with Crippen LogP contribution >= 0.6 is 0 Å². The lowest BCUT2D eigenvalue weighted by atomic mass is 9.64. The molecule has 1 spiro atoms. The third-order valence-corrected chi connectivity index (χ3v) is 8.53. The maximum Gasteiger partial charge on any atom is 0.312 e. The highest BCUT2D eigenvalue weighted by Crippen LogP contribution is 2.73. The molecule has 0 N–H and O–H groups in total. The number of carbonyl (C=O) groups is 1. The highest BCUT2D eigenvalue weighted by Gasteiger charge is 2.69. The van der Waals surface area contributed by atoms with E-state index in [4.69, 9.17) is 4.74 Å². The highest BCUT2D eigenvalue weighted by molar-refractivity contribution is 5.76. The lowest BCUT2D eigenvalue weighted by molar-refractivity contribution is -0.184. The Morgan fingerprint density at radius 3 is 2.39 bits per heavy atom. The van der Waals surface area contributed by atoms with Crippen LogP contribution in [0.1, 0.15) is 87.0 Å². The van der Waals surface area contributed by atoms with Crippen LogP contribution in [0.4, 0.5) is 0 Å². The van der Waals surface area contributed by atoms with Gasteiger partial charge in [0.15, 0.2) is 0 Å². The quantitative estimate of drug-likeness (QED) is 0.633. The summed E-state index contributed by atoms with van der Waals surface area (Å²) in [7, 11) is 0. The lowest BCUT2D eigenvalue weighted by Crippen LogP contribution is -2.49. The maximum atomic E-state index is 12.7. The van der Waals surface area contributed by atoms with Gasteiger partial charge in [-0.25, -0.2) is 0 Å². The normalized spacial score (nSPS) is 44.9. The van der Waals surface area contributed by atoms with Crippen LogP contribution in [-0.2, 0) is 9.53 Å². The van der Waals surface area contributed by atoms with E-state index in [2.05, 4.69) is 34.6 Å². The van der Waals surface area contributed by atoms with E-state index in [1.54, 1.807) is 0 Å². The average molecular weight is 321 g/mol. The van der Waals surface area contributed by atoms with Gasteiger partial charge in [0.1, 0.15) is 5.60 Å². The summed E-state index contributed by atoms with van der Waals surface area (Å²) in [5.41, 5.74) is 0.166. The van der Waals surface area contributed by atoms with Crippen molar-refractivity contribution >= 4 is 5.97 Å². The molecule has 3 saturated carbocycles. The van der Waals surface area contributed by atoms with Crippen molar-refractivity contribution in [3.8, 4) is 0 Å². The molecule has 2 heteroatoms. The standard InChI is InChI=1S/C21H36O2/c1-8-18(3,4)17(22)23-20(7)11-12-21-13-16(20)19(5,6)15(21)10-9-14(21)2/h14-16H,8-13H2,1-7H3/t14?,15?,16?,20-,21?/m1/s1. The highest BCUT2D eigenvalue weighted by atomic mass is 16.6. The van der Waals surface area contributed by atoms with Crippen LogP contribution in [0.2, 0.25) is 0 Å². The predicted molar refractivity (Wildman–Crippen MR) is 94.0 cm³/mol. The molecule has 3 rings (SSSR count). The molecule has 3 aliphatic carbocycles. The molecule has 132 valence electrons. The van der Waals surface area contributed by atoms with Crippen LogP contribution in [0.15, 0.2) is 0 Å². The van der Waals surface area contributed by atoms with Crippen molar-refractivity contribution in [1.29, 1.82) is 0 Å². The average Bonchev–Trinajstić information content (AvgIpc) is 2.89. The Bertz CT molecular complexity index is 506. The minimum atomic E-state index is -0.371. The summed E-state index contributed by atoms with van der Waals surface area (Å²) in [5, 5.41) is 0. The van der Waals surface area contributed by atoms with Crippen LogP contribution in [0.5, 0.6) is 0 Å². The van der Waals surface area contributed by atoms with Crippen molar-refractivity contribution < 1.29 is 9.53 Å². The topological polar surface area (TPSA) is 26.3 Å². The molecule has 23 heavy (non-hydrogen) atoms. The van der Waals surface area contributed by atoms with Crippen molar-refractivity contribution in [2.24, 2.45) is 34.0 Å². The van der Waals surface area contributed by atoms with Crippen LogP contribution in [0, 0.1) is 34.0 Å². The first-order valence-corrected chi connectivity index (χ1v) is 9.73. The monoisotopic (exact) mass is 320 g/mol. The van der Waals surface area contributed by atoms with Crippen molar-refractivity contribution in [2.75, 3.05) is 0 Å². The first-order chi connectivity index (χ1) is 10.5. The summed E-state index contributed by atoms with van der Waals surface area (Å²) in [6.45, 7) is 15.7. The van der Waals surface area contributed by atoms with Crippen LogP contribution in [-0.4, -0.2) is 11.6 Å². The third kappa shape index (κ3) is 2.23. The Kier molecular flexibility index (Phi) is 3.75. The van der Waals surface area contributed by atoms with Gasteiger partial charge in [-0.1, -0.05) is 27.7 Å². The molecule has 5 atom stereocenters. The van der Waals surface area contributed by atoms with Gasteiger partial charge in [0.05, 0.1) is 5.41 Å². The fraction of sp³-hybridized carbons (Fsp3) is 0.952. The molecule has 0 aromatic carbocycles. The van der Waals surface area contributed by atoms with E-state index >= 15 is 0 Å². The SMILES string of the molecule is CCC(C)(C)C(=O)O[C@]1(C)CCC23CC1C(C)(C)C2CCC3C. The summed E-state index contributed by atoms with van der Waals surface area (Å²) in [4.78, 5) is 12.7. The Labute approximate surface area is 142 Å². The van der Waals surface area contributed by atoms with Crippen LogP contribution < -0.4 is 0 Å². The number of fused-ring (bicyclic) bond motifs is 1. The maximum absolute atomic E-state index is 12.7. The molecule has 0 amide bonds. The van der Waals surface area contributed by atoms with Crippen molar-refractivity contribution in [3.05, 3.63) is 0 Å². The molecular formula is C21H36O2. The largest absolute Gasteiger partial charge is 0.459 e. The van der Waals surface area contributed by atoms with Gasteiger partial charge < -0.3 is 4.74 Å². The molecule has 0 saturated heterocycles. The van der Waals surface area contributed by atoms with Crippen molar-refractivity contribution in [1.82, 2.24) is 0 Å². The predicted octanol–water partition coefficient (Wildman–Crippen LogP) is 5.60. The molecule has 2 nitrogen and oxygen atoms in total. The second kappa shape index (κ2) is 4.99. The molecule has 0 aliphatic heterocycles. The molecule has 0 aromatic heterocycles. The second-order valence-corrected chi connectivity index (χ2v) is 10.3. The molecule has 2 bridgehead atoms. The van der Waals surface area contributed by atoms with Crippen molar-refractivity contribution in [3.63, 3.8) is 0 Å². The number of esters is 1. The van der Waals surface area contributed by atoms with E-state index in [1.165, 1.54) is 25.7 Å². The zero-order valence-corrected chi connectivity index (χ0v) is 16.3. The number of ether oxygens (including phenoxy) is 1. The van der Waals surface area contributed by atoms with Crippen LogP contribution in [0.25, 0.3) is 0 Å². The van der Waals surface area contributed by atoms with Gasteiger partial charge >= 0.3 is 5.97 Å². The smallest absolute Gasteiger partial charge is 0.312 e. The number of hydrogen-bond acceptors (Lipinski definition) is 2. The van der Waals surface area contributed by atoms with E-state index < -0.39 is 0 Å². The fourth-order valence-electron chi connectivity index (χ4n) is 6.47. The molecule has 3 fully saturated rings. The molecule has 0 radical (unpaired) electrons. The Balaban J connectivity index is 1.89. The van der Waals surface area contributed by atoms with Crippen molar-refractivity contribution in [2.45, 2.75) is 92.6 Å². The fourth-order valence-corrected chi connectivity index (χ4v) is 6.47. The van der Waals surface area contributed by atoms with E-state index in [-0.39, 0.29) is 22.4 Å².